The molecule has 15 heavy (non-hydrogen) atoms. The molecule has 0 bridgehead atoms. The van der Waals surface area contributed by atoms with Crippen LogP contribution >= 0.6 is 0 Å². The number of rotatable bonds is 6. The Balaban J connectivity index is 1.59. The minimum absolute atomic E-state index is 0.713. The molecule has 2 unspecified atom stereocenters. The largest absolute Gasteiger partial charge is 0.314 e. The summed E-state index contributed by atoms with van der Waals surface area (Å²) in [5.74, 6) is 0.921. The number of likely N-dealkylation sites (tertiary alicyclic amines) is 1. The van der Waals surface area contributed by atoms with E-state index in [4.69, 9.17) is 0 Å². The number of hydrogen-bond donors (Lipinski definition) is 1. The second-order valence-corrected chi connectivity index (χ2v) is 5.48. The summed E-state index contributed by atoms with van der Waals surface area (Å²) < 4.78 is 0. The second-order valence-electron chi connectivity index (χ2n) is 5.48. The van der Waals surface area contributed by atoms with Crippen molar-refractivity contribution >= 4 is 0 Å². The molecule has 1 aliphatic carbocycles. The van der Waals surface area contributed by atoms with Crippen molar-refractivity contribution in [2.45, 2.75) is 58.0 Å². The van der Waals surface area contributed by atoms with Gasteiger partial charge in [0.1, 0.15) is 0 Å². The van der Waals surface area contributed by atoms with E-state index in [1.165, 1.54) is 51.7 Å². The van der Waals surface area contributed by atoms with Crippen LogP contribution in [0.5, 0.6) is 0 Å². The van der Waals surface area contributed by atoms with Gasteiger partial charge in [0.2, 0.25) is 0 Å². The monoisotopic (exact) mass is 210 g/mol. The van der Waals surface area contributed by atoms with Crippen molar-refractivity contribution in [2.75, 3.05) is 19.6 Å². The Morgan fingerprint density at radius 3 is 2.80 bits per heavy atom. The van der Waals surface area contributed by atoms with Crippen molar-refractivity contribution in [1.82, 2.24) is 10.2 Å². The van der Waals surface area contributed by atoms with Crippen LogP contribution in [-0.4, -0.2) is 36.6 Å². The minimum atomic E-state index is 0.713. The smallest absolute Gasteiger partial charge is 0.00965 e. The lowest BCUT2D eigenvalue weighted by Gasteiger charge is -2.18. The minimum Gasteiger partial charge on any atom is -0.314 e. The zero-order valence-corrected chi connectivity index (χ0v) is 10.3. The fraction of sp³-hybridized carbons (Fsp3) is 1.00. The molecule has 0 spiro atoms. The fourth-order valence-electron chi connectivity index (χ4n) is 2.70. The molecular weight excluding hydrogens is 184 g/mol. The van der Waals surface area contributed by atoms with E-state index < -0.39 is 0 Å². The second kappa shape index (κ2) is 5.31. The van der Waals surface area contributed by atoms with Gasteiger partial charge in [0.15, 0.2) is 0 Å². The number of nitrogens with zero attached hydrogens (tertiary/aromatic N) is 1. The van der Waals surface area contributed by atoms with Crippen LogP contribution in [0.2, 0.25) is 0 Å². The maximum absolute atomic E-state index is 3.68. The molecule has 1 heterocycles. The zero-order chi connectivity index (χ0) is 10.7. The first kappa shape index (κ1) is 11.4. The van der Waals surface area contributed by atoms with Crippen molar-refractivity contribution in [3.8, 4) is 0 Å². The Bertz CT molecular complexity index is 189. The summed E-state index contributed by atoms with van der Waals surface area (Å²) in [6.45, 7) is 8.54. The van der Waals surface area contributed by atoms with Gasteiger partial charge in [-0.25, -0.2) is 0 Å². The summed E-state index contributed by atoms with van der Waals surface area (Å²) in [6, 6.07) is 1.69. The van der Waals surface area contributed by atoms with Gasteiger partial charge < -0.3 is 10.2 Å². The third kappa shape index (κ3) is 3.46. The van der Waals surface area contributed by atoms with E-state index in [2.05, 4.69) is 24.1 Å². The topological polar surface area (TPSA) is 15.3 Å². The molecule has 2 heteroatoms. The molecule has 1 N–H and O–H groups in total. The van der Waals surface area contributed by atoms with Crippen LogP contribution in [0.25, 0.3) is 0 Å². The fourth-order valence-corrected chi connectivity index (χ4v) is 2.70. The van der Waals surface area contributed by atoms with Crippen LogP contribution in [0, 0.1) is 5.92 Å². The van der Waals surface area contributed by atoms with Crippen molar-refractivity contribution < 1.29 is 0 Å². The molecule has 1 saturated heterocycles. The maximum Gasteiger partial charge on any atom is 0.00965 e. The lowest BCUT2D eigenvalue weighted by molar-refractivity contribution is 0.309. The summed E-state index contributed by atoms with van der Waals surface area (Å²) in [4.78, 5) is 2.71. The van der Waals surface area contributed by atoms with E-state index in [1.807, 2.05) is 0 Å². The van der Waals surface area contributed by atoms with Crippen LogP contribution in [-0.2, 0) is 0 Å². The van der Waals surface area contributed by atoms with Crippen molar-refractivity contribution in [3.63, 3.8) is 0 Å². The highest BCUT2D eigenvalue weighted by Crippen LogP contribution is 2.31. The van der Waals surface area contributed by atoms with Crippen molar-refractivity contribution in [2.24, 2.45) is 5.92 Å². The molecule has 88 valence electrons. The van der Waals surface area contributed by atoms with E-state index >= 15 is 0 Å². The molecule has 2 atom stereocenters. The first-order valence-electron chi connectivity index (χ1n) is 6.77. The first-order chi connectivity index (χ1) is 7.29. The van der Waals surface area contributed by atoms with E-state index in [0.29, 0.717) is 6.04 Å². The Morgan fingerprint density at radius 1 is 1.33 bits per heavy atom. The van der Waals surface area contributed by atoms with Gasteiger partial charge in [-0.1, -0.05) is 13.3 Å². The average molecular weight is 210 g/mol. The van der Waals surface area contributed by atoms with Crippen LogP contribution in [0.1, 0.15) is 46.0 Å². The van der Waals surface area contributed by atoms with E-state index in [1.54, 1.807) is 0 Å². The van der Waals surface area contributed by atoms with Gasteiger partial charge >= 0.3 is 0 Å². The highest BCUT2D eigenvalue weighted by atomic mass is 15.2. The van der Waals surface area contributed by atoms with Crippen LogP contribution < -0.4 is 5.32 Å². The number of hydrogen-bond acceptors (Lipinski definition) is 2. The molecule has 0 aromatic heterocycles. The number of nitrogens with one attached hydrogen (secondary N) is 1. The lowest BCUT2D eigenvalue weighted by Crippen LogP contribution is -2.32. The molecule has 0 aromatic rings. The van der Waals surface area contributed by atoms with Gasteiger partial charge in [-0.3, -0.25) is 0 Å². The third-order valence-corrected chi connectivity index (χ3v) is 3.86. The molecule has 2 aliphatic rings. The molecule has 0 amide bonds. The molecule has 1 saturated carbocycles. The van der Waals surface area contributed by atoms with Crippen LogP contribution in [0.4, 0.5) is 0 Å². The predicted octanol–water partition coefficient (Wildman–Crippen LogP) is 2.25. The predicted molar refractivity (Wildman–Crippen MR) is 65.1 cm³/mol. The average Bonchev–Trinajstić information content (AvgIpc) is 2.96. The molecule has 0 aromatic carbocycles. The maximum atomic E-state index is 3.68. The first-order valence-corrected chi connectivity index (χ1v) is 6.77. The molecule has 2 nitrogen and oxygen atoms in total. The van der Waals surface area contributed by atoms with Gasteiger partial charge in [0.25, 0.3) is 0 Å². The van der Waals surface area contributed by atoms with Gasteiger partial charge in [0, 0.05) is 18.6 Å². The van der Waals surface area contributed by atoms with E-state index in [-0.39, 0.29) is 0 Å². The Morgan fingerprint density at radius 2 is 2.13 bits per heavy atom. The van der Waals surface area contributed by atoms with Gasteiger partial charge in [-0.2, -0.15) is 0 Å². The highest BCUT2D eigenvalue weighted by Gasteiger charge is 2.34. The van der Waals surface area contributed by atoms with Gasteiger partial charge in [-0.15, -0.1) is 0 Å². The zero-order valence-electron chi connectivity index (χ0n) is 10.3. The molecule has 1 aliphatic heterocycles. The molecule has 2 fully saturated rings. The summed E-state index contributed by atoms with van der Waals surface area (Å²) in [5.41, 5.74) is 0. The summed E-state index contributed by atoms with van der Waals surface area (Å²) in [7, 11) is 0. The van der Waals surface area contributed by atoms with E-state index in [0.717, 1.165) is 12.0 Å². The third-order valence-electron chi connectivity index (χ3n) is 3.86. The summed E-state index contributed by atoms with van der Waals surface area (Å²) in [6.07, 6.45) is 6.97. The molecule has 0 radical (unpaired) electrons. The van der Waals surface area contributed by atoms with Crippen molar-refractivity contribution in [3.05, 3.63) is 0 Å². The molecule has 2 rings (SSSR count). The van der Waals surface area contributed by atoms with Gasteiger partial charge in [-0.05, 0) is 51.6 Å². The SMILES string of the molecule is CCCC(C)NCC1CCN(C2CC2)C1. The standard InChI is InChI=1S/C13H26N2/c1-3-4-11(2)14-9-12-7-8-15(10-12)13-5-6-13/h11-14H,3-10H2,1-2H3. The normalized spacial score (nSPS) is 29.6. The Kier molecular flexibility index (Phi) is 4.04. The van der Waals surface area contributed by atoms with Crippen LogP contribution in [0.15, 0.2) is 0 Å². The van der Waals surface area contributed by atoms with Gasteiger partial charge in [0.05, 0.1) is 0 Å². The van der Waals surface area contributed by atoms with Crippen molar-refractivity contribution in [1.29, 1.82) is 0 Å². The summed E-state index contributed by atoms with van der Waals surface area (Å²) in [5, 5.41) is 3.68. The quantitative estimate of drug-likeness (QED) is 0.723. The summed E-state index contributed by atoms with van der Waals surface area (Å²) >= 11 is 0. The van der Waals surface area contributed by atoms with E-state index in [9.17, 15) is 0 Å². The Labute approximate surface area is 94.4 Å². The Hall–Kier alpha value is -0.0800. The highest BCUT2D eigenvalue weighted by molar-refractivity contribution is 4.90. The lowest BCUT2D eigenvalue weighted by atomic mass is 10.1. The van der Waals surface area contributed by atoms with Crippen LogP contribution in [0.3, 0.4) is 0 Å². The molecular formula is C13H26N2.